The molecule has 0 saturated carbocycles. The Morgan fingerprint density at radius 2 is 2.33 bits per heavy atom. The first-order valence-corrected chi connectivity index (χ1v) is 3.43. The molecular weight excluding hydrogens is 162 g/mol. The van der Waals surface area contributed by atoms with E-state index >= 15 is 0 Å². The number of hydroxylamine groups is 2. The summed E-state index contributed by atoms with van der Waals surface area (Å²) in [6.07, 6.45) is 0.508. The fourth-order valence-electron chi connectivity index (χ4n) is 0.815. The maximum absolute atomic E-state index is 11.0. The van der Waals surface area contributed by atoms with E-state index in [2.05, 4.69) is 10.5 Å². The van der Waals surface area contributed by atoms with E-state index < -0.39 is 5.91 Å². The van der Waals surface area contributed by atoms with E-state index in [0.29, 0.717) is 5.06 Å². The van der Waals surface area contributed by atoms with Gasteiger partial charge in [-0.05, 0) is 0 Å². The van der Waals surface area contributed by atoms with Crippen molar-refractivity contribution in [2.45, 2.75) is 12.8 Å². The van der Waals surface area contributed by atoms with Gasteiger partial charge in [0.05, 0.1) is 0 Å². The molecule has 0 aliphatic carbocycles. The van der Waals surface area contributed by atoms with Crippen LogP contribution in [0.5, 0.6) is 0 Å². The van der Waals surface area contributed by atoms with Crippen LogP contribution >= 0.6 is 0 Å². The zero-order valence-corrected chi connectivity index (χ0v) is 6.57. The highest BCUT2D eigenvalue weighted by Gasteiger charge is 2.20. The fraction of sp³-hybridized carbons (Fsp3) is 0.500. The normalized spacial score (nSPS) is 16.5. The van der Waals surface area contributed by atoms with Crippen LogP contribution in [-0.2, 0) is 9.59 Å². The third-order valence-corrected chi connectivity index (χ3v) is 1.45. The van der Waals surface area contributed by atoms with E-state index in [4.69, 9.17) is 5.21 Å². The molecule has 0 bridgehead atoms. The smallest absolute Gasteiger partial charge is 0.286 e. The lowest BCUT2D eigenvalue weighted by atomic mass is 10.2. The number of carbonyl (C=O) groups is 2. The second kappa shape index (κ2) is 3.31. The van der Waals surface area contributed by atoms with Gasteiger partial charge in [0.15, 0.2) is 0 Å². The summed E-state index contributed by atoms with van der Waals surface area (Å²) in [4.78, 5) is 21.6. The highest BCUT2D eigenvalue weighted by molar-refractivity contribution is 6.39. The zero-order valence-electron chi connectivity index (χ0n) is 6.57. The van der Waals surface area contributed by atoms with Gasteiger partial charge in [0.1, 0.15) is 5.71 Å². The molecule has 6 nitrogen and oxygen atoms in total. The molecule has 1 aliphatic heterocycles. The van der Waals surface area contributed by atoms with Crippen LogP contribution in [-0.4, -0.2) is 34.8 Å². The molecule has 0 saturated heterocycles. The Hall–Kier alpha value is -1.43. The molecule has 0 aromatic rings. The molecule has 1 aliphatic rings. The van der Waals surface area contributed by atoms with Gasteiger partial charge in [-0.25, -0.2) is 10.5 Å². The fourth-order valence-corrected chi connectivity index (χ4v) is 0.815. The third kappa shape index (κ3) is 1.79. The van der Waals surface area contributed by atoms with E-state index in [0.717, 1.165) is 0 Å². The third-order valence-electron chi connectivity index (χ3n) is 1.45. The highest BCUT2D eigenvalue weighted by atomic mass is 16.5. The number of hydrogen-bond donors (Lipinski definition) is 2. The van der Waals surface area contributed by atoms with Crippen LogP contribution in [0.1, 0.15) is 12.8 Å². The summed E-state index contributed by atoms with van der Waals surface area (Å²) in [6, 6.07) is 0. The van der Waals surface area contributed by atoms with Gasteiger partial charge in [-0.3, -0.25) is 14.8 Å². The second-order valence-electron chi connectivity index (χ2n) is 2.42. The summed E-state index contributed by atoms with van der Waals surface area (Å²) in [5, 5.41) is 12.7. The molecule has 0 fully saturated rings. The number of hydrogen-bond acceptors (Lipinski definition) is 4. The van der Waals surface area contributed by atoms with E-state index in [1.165, 1.54) is 7.05 Å². The van der Waals surface area contributed by atoms with Gasteiger partial charge in [-0.1, -0.05) is 0 Å². The minimum absolute atomic E-state index is 0.166. The molecule has 0 spiro atoms. The Morgan fingerprint density at radius 3 is 2.75 bits per heavy atom. The van der Waals surface area contributed by atoms with Gasteiger partial charge in [-0.2, -0.15) is 5.10 Å². The Labute approximate surface area is 68.8 Å². The minimum atomic E-state index is -0.588. The number of rotatable bonds is 1. The van der Waals surface area contributed by atoms with Crippen molar-refractivity contribution in [3.63, 3.8) is 0 Å². The topological polar surface area (TPSA) is 82.0 Å². The maximum atomic E-state index is 11.0. The molecule has 66 valence electrons. The molecule has 0 radical (unpaired) electrons. The summed E-state index contributed by atoms with van der Waals surface area (Å²) in [6.45, 7) is 0. The SMILES string of the molecule is CN(O)C(=O)C1=NNC(=O)CC1. The largest absolute Gasteiger partial charge is 0.293 e. The predicted octanol–water partition coefficient (Wildman–Crippen LogP) is -0.900. The standard InChI is InChI=1S/C6H9N3O3/c1-9(12)6(11)4-2-3-5(10)8-7-4/h12H,2-3H2,1H3,(H,8,10). The van der Waals surface area contributed by atoms with Crippen LogP contribution in [0.25, 0.3) is 0 Å². The van der Waals surface area contributed by atoms with Crippen molar-refractivity contribution in [1.29, 1.82) is 0 Å². The predicted molar refractivity (Wildman–Crippen MR) is 39.4 cm³/mol. The number of hydrazone groups is 1. The molecule has 6 heteroatoms. The molecule has 2 amide bonds. The Bertz CT molecular complexity index is 246. The monoisotopic (exact) mass is 171 g/mol. The number of carbonyl (C=O) groups excluding carboxylic acids is 2. The lowest BCUT2D eigenvalue weighted by Crippen LogP contribution is -2.36. The zero-order chi connectivity index (χ0) is 9.14. The van der Waals surface area contributed by atoms with Crippen molar-refractivity contribution in [2.75, 3.05) is 7.05 Å². The first-order valence-electron chi connectivity index (χ1n) is 3.43. The first-order chi connectivity index (χ1) is 5.61. The van der Waals surface area contributed by atoms with Crippen LogP contribution < -0.4 is 5.43 Å². The summed E-state index contributed by atoms with van der Waals surface area (Å²) in [7, 11) is 1.21. The Morgan fingerprint density at radius 1 is 1.67 bits per heavy atom. The van der Waals surface area contributed by atoms with E-state index in [9.17, 15) is 9.59 Å². The van der Waals surface area contributed by atoms with Gasteiger partial charge < -0.3 is 0 Å². The van der Waals surface area contributed by atoms with Gasteiger partial charge in [0.2, 0.25) is 5.91 Å². The van der Waals surface area contributed by atoms with Crippen LogP contribution in [0, 0.1) is 0 Å². The molecule has 12 heavy (non-hydrogen) atoms. The summed E-state index contributed by atoms with van der Waals surface area (Å²) >= 11 is 0. The number of nitrogens with one attached hydrogen (secondary N) is 1. The van der Waals surface area contributed by atoms with E-state index in [-0.39, 0.29) is 24.5 Å². The first kappa shape index (κ1) is 8.66. The average Bonchev–Trinajstić information content (AvgIpc) is 2.04. The number of amides is 2. The van der Waals surface area contributed by atoms with Gasteiger partial charge in [-0.15, -0.1) is 0 Å². The summed E-state index contributed by atoms with van der Waals surface area (Å²) < 4.78 is 0. The van der Waals surface area contributed by atoms with Crippen LogP contribution in [0.2, 0.25) is 0 Å². The molecule has 0 atom stereocenters. The van der Waals surface area contributed by atoms with Crippen molar-refractivity contribution < 1.29 is 14.8 Å². The van der Waals surface area contributed by atoms with Crippen molar-refractivity contribution in [3.8, 4) is 0 Å². The quantitative estimate of drug-likeness (QED) is 0.396. The van der Waals surface area contributed by atoms with Crippen molar-refractivity contribution in [2.24, 2.45) is 5.10 Å². The van der Waals surface area contributed by atoms with Gasteiger partial charge in [0, 0.05) is 19.9 Å². The van der Waals surface area contributed by atoms with E-state index in [1.807, 2.05) is 0 Å². The highest BCUT2D eigenvalue weighted by Crippen LogP contribution is 2.00. The molecule has 0 unspecified atom stereocenters. The van der Waals surface area contributed by atoms with Crippen LogP contribution in [0.3, 0.4) is 0 Å². The van der Waals surface area contributed by atoms with Crippen molar-refractivity contribution in [3.05, 3.63) is 0 Å². The van der Waals surface area contributed by atoms with Crippen LogP contribution in [0.15, 0.2) is 5.10 Å². The minimum Gasteiger partial charge on any atom is -0.286 e. The van der Waals surface area contributed by atoms with Gasteiger partial charge >= 0.3 is 0 Å². The molecular formula is C6H9N3O3. The molecule has 1 heterocycles. The second-order valence-corrected chi connectivity index (χ2v) is 2.42. The summed E-state index contributed by atoms with van der Waals surface area (Å²) in [5.41, 5.74) is 2.32. The Kier molecular flexibility index (Phi) is 2.39. The molecule has 2 N–H and O–H groups in total. The van der Waals surface area contributed by atoms with E-state index in [1.54, 1.807) is 0 Å². The Balaban J connectivity index is 2.65. The number of nitrogens with zero attached hydrogens (tertiary/aromatic N) is 2. The van der Waals surface area contributed by atoms with Crippen molar-refractivity contribution in [1.82, 2.24) is 10.5 Å². The summed E-state index contributed by atoms with van der Waals surface area (Å²) in [5.74, 6) is -0.804. The molecule has 0 aromatic carbocycles. The lowest BCUT2D eigenvalue weighted by Gasteiger charge is -2.13. The van der Waals surface area contributed by atoms with Gasteiger partial charge in [0.25, 0.3) is 5.91 Å². The maximum Gasteiger partial charge on any atom is 0.293 e. The molecule has 1 rings (SSSR count). The lowest BCUT2D eigenvalue weighted by molar-refractivity contribution is -0.151. The van der Waals surface area contributed by atoms with Crippen molar-refractivity contribution >= 4 is 17.5 Å². The molecule has 0 aromatic heterocycles. The average molecular weight is 171 g/mol. The van der Waals surface area contributed by atoms with Crippen LogP contribution in [0.4, 0.5) is 0 Å².